The molecule has 0 aliphatic rings. The molecule has 0 spiro atoms. The summed E-state index contributed by atoms with van der Waals surface area (Å²) >= 11 is 4.61. The Hall–Kier alpha value is -2.47. The van der Waals surface area contributed by atoms with Crippen LogP contribution in [0.25, 0.3) is 10.8 Å². The maximum Gasteiger partial charge on any atom is 0.313 e. The summed E-state index contributed by atoms with van der Waals surface area (Å²) in [6, 6.07) is 13.1. The first-order valence-corrected chi connectivity index (χ1v) is 6.33. The van der Waals surface area contributed by atoms with E-state index in [1.807, 2.05) is 30.3 Å². The van der Waals surface area contributed by atoms with Gasteiger partial charge in [-0.1, -0.05) is 42.5 Å². The maximum atomic E-state index is 11.7. The number of hydrogen-bond donors (Lipinski definition) is 3. The second-order valence-electron chi connectivity index (χ2n) is 4.17. The molecule has 0 aromatic heterocycles. The Bertz CT molecular complexity index is 685. The van der Waals surface area contributed by atoms with E-state index in [1.54, 1.807) is 12.1 Å². The molecule has 2 rings (SSSR count). The van der Waals surface area contributed by atoms with E-state index in [4.69, 9.17) is 5.73 Å². The molecule has 0 radical (unpaired) electrons. The summed E-state index contributed by atoms with van der Waals surface area (Å²) in [5.41, 5.74) is 5.80. The number of nitrogens with one attached hydrogen (secondary N) is 2. The number of amides is 2. The molecule has 6 heteroatoms. The van der Waals surface area contributed by atoms with Crippen molar-refractivity contribution in [1.82, 2.24) is 5.32 Å². The summed E-state index contributed by atoms with van der Waals surface area (Å²) < 4.78 is 0. The SMILES string of the molecule is NC(=S)CNC(=O)C(=O)Nc1ccc2ccccc2c1. The van der Waals surface area contributed by atoms with Crippen molar-refractivity contribution in [2.45, 2.75) is 0 Å². The molecule has 0 saturated heterocycles. The van der Waals surface area contributed by atoms with Gasteiger partial charge in [0, 0.05) is 5.69 Å². The number of fused-ring (bicyclic) bond motifs is 1. The average molecular weight is 287 g/mol. The Balaban J connectivity index is 2.05. The maximum absolute atomic E-state index is 11.7. The van der Waals surface area contributed by atoms with Gasteiger partial charge in [-0.25, -0.2) is 0 Å². The first-order chi connectivity index (χ1) is 9.56. The molecular formula is C14H13N3O2S. The van der Waals surface area contributed by atoms with Gasteiger partial charge in [0.25, 0.3) is 0 Å². The lowest BCUT2D eigenvalue weighted by Gasteiger charge is -2.07. The molecule has 5 nitrogen and oxygen atoms in total. The Labute approximate surface area is 121 Å². The molecule has 0 saturated carbocycles. The highest BCUT2D eigenvalue weighted by atomic mass is 32.1. The van der Waals surface area contributed by atoms with Gasteiger partial charge >= 0.3 is 11.8 Å². The first kappa shape index (κ1) is 14.0. The summed E-state index contributed by atoms with van der Waals surface area (Å²) in [5.74, 6) is -1.53. The Kier molecular flexibility index (Phi) is 4.27. The van der Waals surface area contributed by atoms with E-state index < -0.39 is 11.8 Å². The van der Waals surface area contributed by atoms with E-state index in [2.05, 4.69) is 22.9 Å². The van der Waals surface area contributed by atoms with Crippen molar-refractivity contribution in [1.29, 1.82) is 0 Å². The van der Waals surface area contributed by atoms with Crippen LogP contribution in [-0.4, -0.2) is 23.3 Å². The monoisotopic (exact) mass is 287 g/mol. The van der Waals surface area contributed by atoms with Crippen LogP contribution in [-0.2, 0) is 9.59 Å². The molecule has 0 aliphatic carbocycles. The second-order valence-corrected chi connectivity index (χ2v) is 4.69. The van der Waals surface area contributed by atoms with Gasteiger partial charge in [0.05, 0.1) is 11.5 Å². The van der Waals surface area contributed by atoms with Gasteiger partial charge in [-0.2, -0.15) is 0 Å². The third-order valence-corrected chi connectivity index (χ3v) is 2.78. The van der Waals surface area contributed by atoms with E-state index in [9.17, 15) is 9.59 Å². The highest BCUT2D eigenvalue weighted by molar-refractivity contribution is 7.80. The Morgan fingerprint density at radius 2 is 1.75 bits per heavy atom. The lowest BCUT2D eigenvalue weighted by molar-refractivity contribution is -0.135. The smallest absolute Gasteiger partial charge is 0.313 e. The number of benzene rings is 2. The van der Waals surface area contributed by atoms with Crippen molar-refractivity contribution >= 4 is 45.5 Å². The number of thiocarbonyl (C=S) groups is 1. The zero-order valence-electron chi connectivity index (χ0n) is 10.6. The fourth-order valence-corrected chi connectivity index (χ4v) is 1.77. The van der Waals surface area contributed by atoms with Crippen LogP contribution in [0.1, 0.15) is 0 Å². The molecule has 0 fully saturated rings. The highest BCUT2D eigenvalue weighted by Gasteiger charge is 2.13. The molecule has 4 N–H and O–H groups in total. The summed E-state index contributed by atoms with van der Waals surface area (Å²) in [7, 11) is 0. The summed E-state index contributed by atoms with van der Waals surface area (Å²) in [4.78, 5) is 23.3. The van der Waals surface area contributed by atoms with Crippen molar-refractivity contribution in [3.8, 4) is 0 Å². The van der Waals surface area contributed by atoms with Gasteiger partial charge in [0.1, 0.15) is 0 Å². The van der Waals surface area contributed by atoms with Crippen LogP contribution >= 0.6 is 12.2 Å². The van der Waals surface area contributed by atoms with Crippen LogP contribution < -0.4 is 16.4 Å². The van der Waals surface area contributed by atoms with Crippen molar-refractivity contribution in [2.75, 3.05) is 11.9 Å². The van der Waals surface area contributed by atoms with Gasteiger partial charge in [-0.3, -0.25) is 9.59 Å². The average Bonchev–Trinajstić information content (AvgIpc) is 2.44. The molecule has 0 atom stereocenters. The fourth-order valence-electron chi connectivity index (χ4n) is 1.70. The van der Waals surface area contributed by atoms with Crippen molar-refractivity contribution < 1.29 is 9.59 Å². The molecule has 0 unspecified atom stereocenters. The zero-order valence-corrected chi connectivity index (χ0v) is 11.4. The number of rotatable bonds is 3. The summed E-state index contributed by atoms with van der Waals surface area (Å²) in [6.07, 6.45) is 0. The van der Waals surface area contributed by atoms with Crippen LogP contribution in [0.15, 0.2) is 42.5 Å². The van der Waals surface area contributed by atoms with Gasteiger partial charge in [0.2, 0.25) is 0 Å². The number of nitrogens with two attached hydrogens (primary N) is 1. The normalized spacial score (nSPS) is 10.0. The number of carbonyl (C=O) groups is 2. The van der Waals surface area contributed by atoms with Crippen LogP contribution in [0.4, 0.5) is 5.69 Å². The predicted molar refractivity (Wildman–Crippen MR) is 82.4 cm³/mol. The second kappa shape index (κ2) is 6.12. The standard InChI is InChI=1S/C14H13N3O2S/c15-12(20)8-16-13(18)14(19)17-11-6-5-9-3-1-2-4-10(9)7-11/h1-7H,8H2,(H2,15,20)(H,16,18)(H,17,19). The summed E-state index contributed by atoms with van der Waals surface area (Å²) in [6.45, 7) is -0.000688. The number of anilines is 1. The topological polar surface area (TPSA) is 84.2 Å². The van der Waals surface area contributed by atoms with E-state index in [-0.39, 0.29) is 11.5 Å². The largest absolute Gasteiger partial charge is 0.392 e. The van der Waals surface area contributed by atoms with Gasteiger partial charge in [0.15, 0.2) is 0 Å². The quantitative estimate of drug-likeness (QED) is 0.584. The Morgan fingerprint density at radius 1 is 1.05 bits per heavy atom. The lowest BCUT2D eigenvalue weighted by atomic mass is 10.1. The molecule has 2 amide bonds. The van der Waals surface area contributed by atoms with Gasteiger partial charge in [-0.15, -0.1) is 0 Å². The zero-order chi connectivity index (χ0) is 14.5. The van der Waals surface area contributed by atoms with E-state index in [0.29, 0.717) is 5.69 Å². The molecule has 0 heterocycles. The minimum absolute atomic E-state index is 0.000688. The predicted octanol–water partition coefficient (Wildman–Crippen LogP) is 1.18. The molecule has 0 bridgehead atoms. The van der Waals surface area contributed by atoms with Crippen molar-refractivity contribution in [2.24, 2.45) is 5.73 Å². The van der Waals surface area contributed by atoms with E-state index >= 15 is 0 Å². The molecule has 2 aromatic carbocycles. The fraction of sp³-hybridized carbons (Fsp3) is 0.0714. The van der Waals surface area contributed by atoms with Crippen molar-refractivity contribution in [3.63, 3.8) is 0 Å². The third kappa shape index (κ3) is 3.52. The third-order valence-electron chi connectivity index (χ3n) is 2.64. The van der Waals surface area contributed by atoms with Gasteiger partial charge in [-0.05, 0) is 22.9 Å². The van der Waals surface area contributed by atoms with Crippen LogP contribution in [0.2, 0.25) is 0 Å². The van der Waals surface area contributed by atoms with Crippen molar-refractivity contribution in [3.05, 3.63) is 42.5 Å². The molecular weight excluding hydrogens is 274 g/mol. The minimum Gasteiger partial charge on any atom is -0.392 e. The van der Waals surface area contributed by atoms with Gasteiger partial charge < -0.3 is 16.4 Å². The van der Waals surface area contributed by atoms with Crippen LogP contribution in [0.5, 0.6) is 0 Å². The molecule has 0 aliphatic heterocycles. The van der Waals surface area contributed by atoms with E-state index in [0.717, 1.165) is 10.8 Å². The number of hydrogen-bond acceptors (Lipinski definition) is 3. The molecule has 2 aromatic rings. The lowest BCUT2D eigenvalue weighted by Crippen LogP contribution is -2.39. The van der Waals surface area contributed by atoms with Crippen LogP contribution in [0.3, 0.4) is 0 Å². The highest BCUT2D eigenvalue weighted by Crippen LogP contribution is 2.18. The minimum atomic E-state index is -0.772. The first-order valence-electron chi connectivity index (χ1n) is 5.92. The summed E-state index contributed by atoms with van der Waals surface area (Å²) in [5, 5.41) is 6.88. The van der Waals surface area contributed by atoms with Crippen LogP contribution in [0, 0.1) is 0 Å². The number of carbonyl (C=O) groups excluding carboxylic acids is 2. The van der Waals surface area contributed by atoms with E-state index in [1.165, 1.54) is 0 Å². The Morgan fingerprint density at radius 3 is 2.45 bits per heavy atom. The molecule has 20 heavy (non-hydrogen) atoms. The molecule has 102 valence electrons.